The van der Waals surface area contributed by atoms with Crippen LogP contribution in [-0.4, -0.2) is 44.4 Å². The van der Waals surface area contributed by atoms with E-state index in [1.165, 1.54) is 36.0 Å². The van der Waals surface area contributed by atoms with Gasteiger partial charge in [-0.2, -0.15) is 0 Å². The van der Waals surface area contributed by atoms with Crippen molar-refractivity contribution in [1.82, 2.24) is 20.1 Å². The highest BCUT2D eigenvalue weighted by molar-refractivity contribution is 7.99. The molecule has 0 fully saturated rings. The van der Waals surface area contributed by atoms with Gasteiger partial charge in [-0.05, 0) is 55.3 Å². The molecule has 11 nitrogen and oxygen atoms in total. The molecule has 1 heterocycles. The monoisotopic (exact) mass is 546 g/mol. The van der Waals surface area contributed by atoms with Crippen molar-refractivity contribution < 1.29 is 19.2 Å². The zero-order chi connectivity index (χ0) is 27.9. The molecule has 2 N–H and O–H groups in total. The van der Waals surface area contributed by atoms with Crippen molar-refractivity contribution in [3.8, 4) is 11.4 Å². The summed E-state index contributed by atoms with van der Waals surface area (Å²) in [4.78, 5) is 35.8. The van der Waals surface area contributed by atoms with Gasteiger partial charge in [0.05, 0.1) is 30.0 Å². The predicted molar refractivity (Wildman–Crippen MR) is 147 cm³/mol. The van der Waals surface area contributed by atoms with E-state index in [2.05, 4.69) is 20.8 Å². The minimum atomic E-state index is -0.529. The molecule has 39 heavy (non-hydrogen) atoms. The summed E-state index contributed by atoms with van der Waals surface area (Å²) in [5, 5.41) is 25.6. The minimum absolute atomic E-state index is 0.0100. The van der Waals surface area contributed by atoms with Crippen molar-refractivity contribution >= 4 is 35.0 Å². The van der Waals surface area contributed by atoms with Crippen molar-refractivity contribution in [2.45, 2.75) is 25.5 Å². The number of nitrogens with zero attached hydrogens (tertiary/aromatic N) is 4. The molecule has 4 aromatic rings. The van der Waals surface area contributed by atoms with Crippen LogP contribution in [0.5, 0.6) is 5.75 Å². The van der Waals surface area contributed by atoms with Crippen LogP contribution in [0.15, 0.2) is 71.9 Å². The molecule has 0 spiro atoms. The second-order valence-electron chi connectivity index (χ2n) is 8.55. The first-order valence-corrected chi connectivity index (χ1v) is 12.9. The predicted octanol–water partition coefficient (Wildman–Crippen LogP) is 4.46. The Morgan fingerprint density at radius 1 is 1.05 bits per heavy atom. The summed E-state index contributed by atoms with van der Waals surface area (Å²) >= 11 is 1.20. The van der Waals surface area contributed by atoms with E-state index in [9.17, 15) is 19.7 Å². The Morgan fingerprint density at radius 2 is 1.79 bits per heavy atom. The van der Waals surface area contributed by atoms with Crippen molar-refractivity contribution in [3.05, 3.63) is 99.4 Å². The average Bonchev–Trinajstić information content (AvgIpc) is 3.35. The number of hydrogen-bond acceptors (Lipinski definition) is 8. The van der Waals surface area contributed by atoms with Gasteiger partial charge in [0.15, 0.2) is 11.0 Å². The third kappa shape index (κ3) is 6.60. The third-order valence-electron chi connectivity index (χ3n) is 5.77. The molecule has 0 unspecified atom stereocenters. The van der Waals surface area contributed by atoms with Gasteiger partial charge in [0, 0.05) is 23.4 Å². The summed E-state index contributed by atoms with van der Waals surface area (Å²) in [6.45, 7) is 3.90. The van der Waals surface area contributed by atoms with Crippen LogP contribution in [0.2, 0.25) is 0 Å². The van der Waals surface area contributed by atoms with Gasteiger partial charge in [-0.3, -0.25) is 24.3 Å². The fraction of sp³-hybridized carbons (Fsp3) is 0.185. The number of benzene rings is 3. The average molecular weight is 547 g/mol. The summed E-state index contributed by atoms with van der Waals surface area (Å²) < 4.78 is 7.25. The molecule has 0 atom stereocenters. The van der Waals surface area contributed by atoms with E-state index < -0.39 is 10.8 Å². The lowest BCUT2D eigenvalue weighted by Gasteiger charge is -2.14. The van der Waals surface area contributed by atoms with Crippen molar-refractivity contribution in [3.63, 3.8) is 0 Å². The molecule has 0 radical (unpaired) electrons. The van der Waals surface area contributed by atoms with Gasteiger partial charge < -0.3 is 15.4 Å². The fourth-order valence-corrected chi connectivity index (χ4v) is 4.51. The molecule has 3 aromatic carbocycles. The van der Waals surface area contributed by atoms with E-state index in [1.54, 1.807) is 17.7 Å². The van der Waals surface area contributed by atoms with Gasteiger partial charge in [0.1, 0.15) is 5.75 Å². The van der Waals surface area contributed by atoms with Crippen LogP contribution in [0, 0.1) is 24.0 Å². The van der Waals surface area contributed by atoms with Gasteiger partial charge in [0.25, 0.3) is 11.6 Å². The van der Waals surface area contributed by atoms with Gasteiger partial charge in [-0.25, -0.2) is 0 Å². The highest BCUT2D eigenvalue weighted by Crippen LogP contribution is 2.29. The maximum atomic E-state index is 12.8. The lowest BCUT2D eigenvalue weighted by Crippen LogP contribution is -2.24. The van der Waals surface area contributed by atoms with Gasteiger partial charge in [-0.1, -0.05) is 36.0 Å². The molecule has 0 aliphatic heterocycles. The molecule has 200 valence electrons. The molecular weight excluding hydrogens is 520 g/mol. The highest BCUT2D eigenvalue weighted by atomic mass is 32.2. The Kier molecular flexibility index (Phi) is 8.56. The molecule has 1 aromatic heterocycles. The number of methoxy groups -OCH3 is 1. The first kappa shape index (κ1) is 27.3. The molecule has 0 aliphatic rings. The first-order valence-electron chi connectivity index (χ1n) is 11.9. The number of carbonyl (C=O) groups is 2. The number of hydrogen-bond donors (Lipinski definition) is 2. The third-order valence-corrected chi connectivity index (χ3v) is 6.70. The zero-order valence-corrected chi connectivity index (χ0v) is 22.3. The van der Waals surface area contributed by atoms with Crippen LogP contribution in [0.25, 0.3) is 5.69 Å². The van der Waals surface area contributed by atoms with Crippen molar-refractivity contribution in [2.24, 2.45) is 0 Å². The maximum Gasteiger partial charge on any atom is 0.269 e. The van der Waals surface area contributed by atoms with E-state index in [4.69, 9.17) is 4.74 Å². The van der Waals surface area contributed by atoms with Crippen LogP contribution in [-0.2, 0) is 11.3 Å². The van der Waals surface area contributed by atoms with Crippen molar-refractivity contribution in [1.29, 1.82) is 0 Å². The summed E-state index contributed by atoms with van der Waals surface area (Å²) in [6.07, 6.45) is 0. The quantitative estimate of drug-likeness (QED) is 0.169. The fourth-order valence-electron chi connectivity index (χ4n) is 3.75. The Hall–Kier alpha value is -4.71. The molecule has 0 saturated carbocycles. The number of aryl methyl sites for hydroxylation is 2. The number of para-hydroxylation sites is 2. The summed E-state index contributed by atoms with van der Waals surface area (Å²) in [6, 6.07) is 18.4. The summed E-state index contributed by atoms with van der Waals surface area (Å²) in [7, 11) is 1.55. The Balaban J connectivity index is 1.53. The number of thioether (sulfide) groups is 1. The largest absolute Gasteiger partial charge is 0.495 e. The van der Waals surface area contributed by atoms with Crippen LogP contribution < -0.4 is 15.4 Å². The summed E-state index contributed by atoms with van der Waals surface area (Å²) in [5.41, 5.74) is 3.55. The maximum absolute atomic E-state index is 12.8. The topological polar surface area (TPSA) is 141 Å². The second-order valence-corrected chi connectivity index (χ2v) is 9.49. The number of anilines is 1. The zero-order valence-electron chi connectivity index (χ0n) is 21.5. The number of ether oxygens (including phenoxy) is 1. The van der Waals surface area contributed by atoms with E-state index in [0.717, 1.165) is 16.8 Å². The van der Waals surface area contributed by atoms with Crippen LogP contribution in [0.1, 0.15) is 27.3 Å². The van der Waals surface area contributed by atoms with Gasteiger partial charge in [0.2, 0.25) is 5.91 Å². The molecule has 2 amide bonds. The normalized spacial score (nSPS) is 10.6. The molecule has 0 bridgehead atoms. The molecule has 0 aliphatic carbocycles. The number of rotatable bonds is 10. The molecule has 12 heteroatoms. The van der Waals surface area contributed by atoms with E-state index in [0.29, 0.717) is 22.4 Å². The minimum Gasteiger partial charge on any atom is -0.495 e. The van der Waals surface area contributed by atoms with Crippen molar-refractivity contribution in [2.75, 3.05) is 18.2 Å². The van der Waals surface area contributed by atoms with E-state index >= 15 is 0 Å². The smallest absolute Gasteiger partial charge is 0.269 e. The van der Waals surface area contributed by atoms with Gasteiger partial charge >= 0.3 is 0 Å². The van der Waals surface area contributed by atoms with Gasteiger partial charge in [-0.15, -0.1) is 10.2 Å². The molecular formula is C27H26N6O5S. The number of aromatic nitrogens is 3. The van der Waals surface area contributed by atoms with Crippen LogP contribution >= 0.6 is 11.8 Å². The highest BCUT2D eigenvalue weighted by Gasteiger charge is 2.20. The SMILES string of the molecule is COc1ccccc1-n1c(CNC(=O)c2ccc([N+](=O)[O-])cc2)nnc1SCC(=O)Nc1cc(C)ccc1C. The van der Waals surface area contributed by atoms with E-state index in [1.807, 2.05) is 50.2 Å². The Morgan fingerprint density at radius 3 is 2.51 bits per heavy atom. The standard InChI is InChI=1S/C27H26N6O5S/c1-17-8-9-18(2)21(14-17)29-25(34)16-39-27-31-30-24(32(27)22-6-4-5-7-23(22)38-3)15-28-26(35)19-10-12-20(13-11-19)33(36)37/h4-14H,15-16H2,1-3H3,(H,28,35)(H,29,34). The lowest BCUT2D eigenvalue weighted by atomic mass is 10.1. The Labute approximate surface area is 228 Å². The van der Waals surface area contributed by atoms with Crippen LogP contribution in [0.3, 0.4) is 0 Å². The second kappa shape index (κ2) is 12.2. The summed E-state index contributed by atoms with van der Waals surface area (Å²) in [5.74, 6) is 0.419. The number of nitro benzene ring substituents is 1. The number of non-ortho nitro benzene ring substituents is 1. The molecule has 4 rings (SSSR count). The first-order chi connectivity index (χ1) is 18.8. The number of amides is 2. The number of nitrogens with one attached hydrogen (secondary N) is 2. The number of nitro groups is 1. The van der Waals surface area contributed by atoms with E-state index in [-0.39, 0.29) is 29.5 Å². The van der Waals surface area contributed by atoms with Crippen LogP contribution in [0.4, 0.5) is 11.4 Å². The lowest BCUT2D eigenvalue weighted by molar-refractivity contribution is -0.384. The number of carbonyl (C=O) groups excluding carboxylic acids is 2. The molecule has 0 saturated heterocycles. The Bertz CT molecular complexity index is 1520.